The van der Waals surface area contributed by atoms with E-state index in [1.54, 1.807) is 20.3 Å². The van der Waals surface area contributed by atoms with Gasteiger partial charge in [-0.05, 0) is 49.1 Å². The average molecular weight is 363 g/mol. The van der Waals surface area contributed by atoms with E-state index in [1.807, 2.05) is 31.2 Å². The molecule has 2 N–H and O–H groups in total. The zero-order valence-electron chi connectivity index (χ0n) is 14.6. The Morgan fingerprint density at radius 2 is 1.88 bits per heavy atom. The van der Waals surface area contributed by atoms with Gasteiger partial charge in [-0.25, -0.2) is 0 Å². The minimum atomic E-state index is -0.106. The van der Waals surface area contributed by atoms with Crippen LogP contribution in [0.5, 0.6) is 11.5 Å². The molecule has 0 aliphatic carbocycles. The third-order valence-corrected chi connectivity index (χ3v) is 4.32. The van der Waals surface area contributed by atoms with E-state index in [0.717, 1.165) is 41.9 Å². The van der Waals surface area contributed by atoms with E-state index in [-0.39, 0.29) is 18.3 Å². The molecule has 0 radical (unpaired) electrons. The summed E-state index contributed by atoms with van der Waals surface area (Å²) in [6.07, 6.45) is 1.95. The number of carbonyl (C=O) groups excluding carboxylic acids is 1. The van der Waals surface area contributed by atoms with Gasteiger partial charge in [-0.1, -0.05) is 6.07 Å². The number of nitrogens with one attached hydrogen (secondary N) is 2. The molecule has 0 aromatic heterocycles. The molecule has 134 valence electrons. The standard InChI is InChI=1S/C19H22N2O3.ClH/c1-12-10-17(23-2)18(24-3)11-16(12)21-19(22)14-6-4-8-15-13(14)7-5-9-20-15;/h4,6,8,10-11,20H,5,7,9H2,1-3H3,(H,21,22);1H. The van der Waals surface area contributed by atoms with Crippen molar-refractivity contribution in [1.29, 1.82) is 0 Å². The third-order valence-electron chi connectivity index (χ3n) is 4.32. The number of benzene rings is 2. The first-order valence-corrected chi connectivity index (χ1v) is 8.03. The van der Waals surface area contributed by atoms with Gasteiger partial charge in [0.25, 0.3) is 5.91 Å². The molecule has 1 heterocycles. The molecule has 25 heavy (non-hydrogen) atoms. The summed E-state index contributed by atoms with van der Waals surface area (Å²) in [5.41, 5.74) is 4.49. The first-order chi connectivity index (χ1) is 11.6. The molecule has 0 spiro atoms. The number of amides is 1. The molecule has 3 rings (SSSR count). The second-order valence-electron chi connectivity index (χ2n) is 5.84. The summed E-state index contributed by atoms with van der Waals surface area (Å²) in [6, 6.07) is 9.45. The van der Waals surface area contributed by atoms with Crippen LogP contribution in [0, 0.1) is 6.92 Å². The van der Waals surface area contributed by atoms with Crippen molar-refractivity contribution in [3.8, 4) is 11.5 Å². The number of carbonyl (C=O) groups is 1. The van der Waals surface area contributed by atoms with Crippen LogP contribution in [0.3, 0.4) is 0 Å². The van der Waals surface area contributed by atoms with Crippen molar-refractivity contribution < 1.29 is 14.3 Å². The highest BCUT2D eigenvalue weighted by Crippen LogP contribution is 2.33. The number of rotatable bonds is 4. The summed E-state index contributed by atoms with van der Waals surface area (Å²) in [7, 11) is 3.18. The molecule has 2 aromatic rings. The monoisotopic (exact) mass is 362 g/mol. The predicted molar refractivity (Wildman–Crippen MR) is 103 cm³/mol. The Morgan fingerprint density at radius 1 is 1.16 bits per heavy atom. The van der Waals surface area contributed by atoms with Crippen LogP contribution in [0.25, 0.3) is 0 Å². The molecule has 0 fully saturated rings. The van der Waals surface area contributed by atoms with Crippen molar-refractivity contribution in [2.24, 2.45) is 0 Å². The Labute approximate surface area is 154 Å². The van der Waals surface area contributed by atoms with Gasteiger partial charge in [0, 0.05) is 29.5 Å². The summed E-state index contributed by atoms with van der Waals surface area (Å²) >= 11 is 0. The fourth-order valence-corrected chi connectivity index (χ4v) is 3.03. The number of methoxy groups -OCH3 is 2. The Morgan fingerprint density at radius 3 is 2.60 bits per heavy atom. The van der Waals surface area contributed by atoms with Crippen LogP contribution in [-0.2, 0) is 6.42 Å². The van der Waals surface area contributed by atoms with Crippen LogP contribution in [-0.4, -0.2) is 26.7 Å². The molecule has 6 heteroatoms. The minimum absolute atomic E-state index is 0. The highest BCUT2D eigenvalue weighted by molar-refractivity contribution is 6.06. The van der Waals surface area contributed by atoms with Crippen LogP contribution in [0.1, 0.15) is 27.9 Å². The highest BCUT2D eigenvalue weighted by atomic mass is 35.5. The number of hydrogen-bond acceptors (Lipinski definition) is 4. The van der Waals surface area contributed by atoms with E-state index < -0.39 is 0 Å². The van der Waals surface area contributed by atoms with Gasteiger partial charge in [-0.15, -0.1) is 12.4 Å². The number of aryl methyl sites for hydroxylation is 1. The van der Waals surface area contributed by atoms with E-state index in [9.17, 15) is 4.79 Å². The lowest BCUT2D eigenvalue weighted by Crippen LogP contribution is -2.19. The van der Waals surface area contributed by atoms with Crippen molar-refractivity contribution in [1.82, 2.24) is 0 Å². The lowest BCUT2D eigenvalue weighted by molar-refractivity contribution is 0.102. The number of halogens is 1. The summed E-state index contributed by atoms with van der Waals surface area (Å²) in [6.45, 7) is 2.88. The summed E-state index contributed by atoms with van der Waals surface area (Å²) in [4.78, 5) is 12.8. The smallest absolute Gasteiger partial charge is 0.256 e. The quantitative estimate of drug-likeness (QED) is 0.861. The van der Waals surface area contributed by atoms with E-state index in [2.05, 4.69) is 10.6 Å². The lowest BCUT2D eigenvalue weighted by atomic mass is 9.97. The molecule has 0 unspecified atom stereocenters. The van der Waals surface area contributed by atoms with Crippen LogP contribution in [0.15, 0.2) is 30.3 Å². The topological polar surface area (TPSA) is 59.6 Å². The third kappa shape index (κ3) is 3.82. The molecule has 1 aliphatic heterocycles. The van der Waals surface area contributed by atoms with Crippen molar-refractivity contribution in [3.63, 3.8) is 0 Å². The zero-order valence-corrected chi connectivity index (χ0v) is 15.5. The van der Waals surface area contributed by atoms with Crippen LogP contribution in [0.2, 0.25) is 0 Å². The second-order valence-corrected chi connectivity index (χ2v) is 5.84. The van der Waals surface area contributed by atoms with E-state index >= 15 is 0 Å². The Balaban J connectivity index is 0.00000225. The maximum atomic E-state index is 12.8. The predicted octanol–water partition coefficient (Wildman–Crippen LogP) is 4.04. The Bertz CT molecular complexity index is 778. The van der Waals surface area contributed by atoms with Crippen molar-refractivity contribution in [2.45, 2.75) is 19.8 Å². The fourth-order valence-electron chi connectivity index (χ4n) is 3.03. The second kappa shape index (κ2) is 8.12. The molecule has 1 amide bonds. The molecule has 0 saturated carbocycles. The molecule has 2 aromatic carbocycles. The molecule has 0 atom stereocenters. The molecule has 5 nitrogen and oxygen atoms in total. The maximum Gasteiger partial charge on any atom is 0.256 e. The van der Waals surface area contributed by atoms with Crippen LogP contribution in [0.4, 0.5) is 11.4 Å². The first-order valence-electron chi connectivity index (χ1n) is 8.03. The Kier molecular flexibility index (Phi) is 6.15. The normalized spacial score (nSPS) is 12.3. The molecule has 1 aliphatic rings. The summed E-state index contributed by atoms with van der Waals surface area (Å²) < 4.78 is 10.6. The van der Waals surface area contributed by atoms with Gasteiger partial charge in [-0.2, -0.15) is 0 Å². The van der Waals surface area contributed by atoms with Crippen LogP contribution >= 0.6 is 12.4 Å². The average Bonchev–Trinajstić information content (AvgIpc) is 2.62. The zero-order chi connectivity index (χ0) is 17.1. The number of hydrogen-bond donors (Lipinski definition) is 2. The van der Waals surface area contributed by atoms with Gasteiger partial charge < -0.3 is 20.1 Å². The lowest BCUT2D eigenvalue weighted by Gasteiger charge is -2.21. The molecule has 0 saturated heterocycles. The van der Waals surface area contributed by atoms with Gasteiger partial charge >= 0.3 is 0 Å². The maximum absolute atomic E-state index is 12.8. The van der Waals surface area contributed by atoms with Crippen molar-refractivity contribution >= 4 is 29.7 Å². The van der Waals surface area contributed by atoms with E-state index in [4.69, 9.17) is 9.47 Å². The van der Waals surface area contributed by atoms with Gasteiger partial charge in [0.1, 0.15) is 0 Å². The Hall–Kier alpha value is -2.40. The molecular formula is C19H23ClN2O3. The largest absolute Gasteiger partial charge is 0.493 e. The number of ether oxygens (including phenoxy) is 2. The highest BCUT2D eigenvalue weighted by Gasteiger charge is 2.18. The minimum Gasteiger partial charge on any atom is -0.493 e. The van der Waals surface area contributed by atoms with Gasteiger partial charge in [-0.3, -0.25) is 4.79 Å². The summed E-state index contributed by atoms with van der Waals surface area (Å²) in [5, 5.41) is 6.35. The fraction of sp³-hybridized carbons (Fsp3) is 0.316. The van der Waals surface area contributed by atoms with Gasteiger partial charge in [0.2, 0.25) is 0 Å². The van der Waals surface area contributed by atoms with Gasteiger partial charge in [0.15, 0.2) is 11.5 Å². The van der Waals surface area contributed by atoms with E-state index in [0.29, 0.717) is 17.1 Å². The first kappa shape index (κ1) is 18.9. The van der Waals surface area contributed by atoms with Gasteiger partial charge in [0.05, 0.1) is 14.2 Å². The number of fused-ring (bicyclic) bond motifs is 1. The molecule has 0 bridgehead atoms. The summed E-state index contributed by atoms with van der Waals surface area (Å²) in [5.74, 6) is 1.13. The SMILES string of the molecule is COc1cc(C)c(NC(=O)c2cccc3c2CCCN3)cc1OC.Cl. The van der Waals surface area contributed by atoms with Crippen molar-refractivity contribution in [3.05, 3.63) is 47.0 Å². The van der Waals surface area contributed by atoms with Crippen LogP contribution < -0.4 is 20.1 Å². The molecular weight excluding hydrogens is 340 g/mol. The van der Waals surface area contributed by atoms with E-state index in [1.165, 1.54) is 0 Å². The number of anilines is 2. The van der Waals surface area contributed by atoms with Crippen molar-refractivity contribution in [2.75, 3.05) is 31.4 Å².